The molecule has 1 heterocycles. The maximum Gasteiger partial charge on any atom is 0.435 e. The Balaban J connectivity index is 2.21. The largest absolute Gasteiger partial charge is 0.435 e. The van der Waals surface area contributed by atoms with Gasteiger partial charge in [0.25, 0.3) is 0 Å². The summed E-state index contributed by atoms with van der Waals surface area (Å²) in [5.41, 5.74) is 0.353. The number of sulfonamides is 1. The monoisotopic (exact) mass is 381 g/mol. The molecule has 0 saturated heterocycles. The van der Waals surface area contributed by atoms with Gasteiger partial charge >= 0.3 is 6.18 Å². The molecule has 0 aliphatic heterocycles. The van der Waals surface area contributed by atoms with Crippen LogP contribution in [0.25, 0.3) is 16.9 Å². The lowest BCUT2D eigenvalue weighted by Crippen LogP contribution is -2.14. The van der Waals surface area contributed by atoms with E-state index in [9.17, 15) is 21.6 Å². The summed E-state index contributed by atoms with van der Waals surface area (Å²) in [7, 11) is -3.92. The molecule has 0 atom stereocenters. The molecule has 136 valence electrons. The summed E-state index contributed by atoms with van der Waals surface area (Å²) in [4.78, 5) is -0.0919. The first-order valence-corrected chi connectivity index (χ1v) is 8.98. The second-order valence-corrected chi connectivity index (χ2v) is 7.22. The van der Waals surface area contributed by atoms with E-state index in [1.54, 1.807) is 30.3 Å². The van der Waals surface area contributed by atoms with E-state index in [0.29, 0.717) is 16.8 Å². The quantitative estimate of drug-likeness (QED) is 0.754. The molecule has 5 nitrogen and oxygen atoms in total. The van der Waals surface area contributed by atoms with Crippen molar-refractivity contribution in [2.24, 2.45) is 5.14 Å². The van der Waals surface area contributed by atoms with Crippen LogP contribution in [-0.4, -0.2) is 18.2 Å². The molecule has 0 aliphatic carbocycles. The van der Waals surface area contributed by atoms with E-state index in [2.05, 4.69) is 5.10 Å². The van der Waals surface area contributed by atoms with Crippen LogP contribution in [0.1, 0.15) is 11.3 Å². The molecular weight excluding hydrogens is 367 g/mol. The van der Waals surface area contributed by atoms with Crippen LogP contribution in [-0.2, 0) is 16.2 Å². The predicted molar refractivity (Wildman–Crippen MR) is 90.1 cm³/mol. The van der Waals surface area contributed by atoms with Crippen molar-refractivity contribution in [1.82, 2.24) is 9.78 Å². The highest BCUT2D eigenvalue weighted by molar-refractivity contribution is 7.89. The highest BCUT2D eigenvalue weighted by Gasteiger charge is 2.35. The molecule has 3 rings (SSSR count). The zero-order chi connectivity index (χ0) is 19.1. The Bertz CT molecular complexity index is 1060. The third-order valence-corrected chi connectivity index (χ3v) is 4.85. The van der Waals surface area contributed by atoms with Crippen molar-refractivity contribution in [1.29, 1.82) is 0 Å². The van der Waals surface area contributed by atoms with Crippen LogP contribution in [0.2, 0.25) is 0 Å². The van der Waals surface area contributed by atoms with Gasteiger partial charge in [-0.3, -0.25) is 0 Å². The van der Waals surface area contributed by atoms with E-state index >= 15 is 0 Å². The van der Waals surface area contributed by atoms with Crippen LogP contribution in [0.4, 0.5) is 13.2 Å². The van der Waals surface area contributed by atoms with Gasteiger partial charge in [-0.1, -0.05) is 30.3 Å². The Morgan fingerprint density at radius 3 is 2.23 bits per heavy atom. The van der Waals surface area contributed by atoms with Crippen molar-refractivity contribution >= 4 is 10.0 Å². The van der Waals surface area contributed by atoms with Crippen molar-refractivity contribution in [3.05, 3.63) is 65.9 Å². The minimum Gasteiger partial charge on any atom is -0.232 e. The summed E-state index contributed by atoms with van der Waals surface area (Å²) in [6, 6.07) is 13.5. The predicted octanol–water partition coefficient (Wildman–Crippen LogP) is 3.51. The van der Waals surface area contributed by atoms with Crippen LogP contribution in [0.15, 0.2) is 59.5 Å². The Morgan fingerprint density at radius 1 is 1.04 bits per heavy atom. The number of hydrogen-bond acceptors (Lipinski definition) is 3. The fourth-order valence-corrected chi connectivity index (χ4v) is 3.38. The van der Waals surface area contributed by atoms with E-state index in [1.807, 2.05) is 0 Å². The van der Waals surface area contributed by atoms with Crippen molar-refractivity contribution < 1.29 is 21.6 Å². The van der Waals surface area contributed by atoms with E-state index in [4.69, 9.17) is 5.14 Å². The Labute approximate surface area is 147 Å². The van der Waals surface area contributed by atoms with Crippen LogP contribution in [0.5, 0.6) is 0 Å². The van der Waals surface area contributed by atoms with Gasteiger partial charge in [0.1, 0.15) is 0 Å². The number of primary sulfonamides is 1. The summed E-state index contributed by atoms with van der Waals surface area (Å²) >= 11 is 0. The van der Waals surface area contributed by atoms with E-state index < -0.39 is 21.9 Å². The van der Waals surface area contributed by atoms with Gasteiger partial charge in [-0.05, 0) is 36.8 Å². The summed E-state index contributed by atoms with van der Waals surface area (Å²) < 4.78 is 63.6. The number of hydrogen-bond donors (Lipinski definition) is 1. The highest BCUT2D eigenvalue weighted by atomic mass is 32.2. The number of nitrogens with two attached hydrogens (primary N) is 1. The first kappa shape index (κ1) is 18.2. The van der Waals surface area contributed by atoms with Gasteiger partial charge in [0.2, 0.25) is 10.0 Å². The Kier molecular flexibility index (Phi) is 4.37. The van der Waals surface area contributed by atoms with Crippen molar-refractivity contribution in [3.8, 4) is 16.9 Å². The van der Waals surface area contributed by atoms with Crippen LogP contribution in [0.3, 0.4) is 0 Å². The van der Waals surface area contributed by atoms with E-state index in [-0.39, 0.29) is 10.6 Å². The van der Waals surface area contributed by atoms with Gasteiger partial charge in [0, 0.05) is 5.56 Å². The molecule has 2 aromatic carbocycles. The second kappa shape index (κ2) is 6.26. The summed E-state index contributed by atoms with van der Waals surface area (Å²) in [5, 5.41) is 8.80. The molecule has 1 aromatic heterocycles. The van der Waals surface area contributed by atoms with Crippen molar-refractivity contribution in [3.63, 3.8) is 0 Å². The normalized spacial score (nSPS) is 12.3. The lowest BCUT2D eigenvalue weighted by molar-refractivity contribution is -0.141. The SMILES string of the molecule is Cc1cc(-n2nc(C(F)(F)F)cc2-c2ccccc2)ccc1S(N)(=O)=O. The topological polar surface area (TPSA) is 78.0 Å². The lowest BCUT2D eigenvalue weighted by atomic mass is 10.1. The summed E-state index contributed by atoms with van der Waals surface area (Å²) in [6.45, 7) is 1.51. The maximum absolute atomic E-state index is 13.1. The lowest BCUT2D eigenvalue weighted by Gasteiger charge is -2.10. The number of aromatic nitrogens is 2. The smallest absolute Gasteiger partial charge is 0.232 e. The van der Waals surface area contributed by atoms with Gasteiger partial charge < -0.3 is 0 Å². The number of halogens is 3. The Hall–Kier alpha value is -2.65. The Morgan fingerprint density at radius 2 is 1.69 bits per heavy atom. The minimum absolute atomic E-state index is 0.0919. The molecule has 2 N–H and O–H groups in total. The average molecular weight is 381 g/mol. The third kappa shape index (κ3) is 3.49. The van der Waals surface area contributed by atoms with Gasteiger partial charge in [-0.2, -0.15) is 18.3 Å². The summed E-state index contributed by atoms with van der Waals surface area (Å²) in [5.74, 6) is 0. The van der Waals surface area contributed by atoms with Crippen LogP contribution in [0, 0.1) is 6.92 Å². The number of aryl methyl sites for hydroxylation is 1. The van der Waals surface area contributed by atoms with E-state index in [1.165, 1.54) is 25.1 Å². The highest BCUT2D eigenvalue weighted by Crippen LogP contribution is 2.33. The van der Waals surface area contributed by atoms with Gasteiger partial charge in [0.05, 0.1) is 16.3 Å². The molecule has 26 heavy (non-hydrogen) atoms. The molecule has 0 unspecified atom stereocenters. The molecule has 0 radical (unpaired) electrons. The van der Waals surface area contributed by atoms with E-state index in [0.717, 1.165) is 10.7 Å². The third-order valence-electron chi connectivity index (χ3n) is 3.78. The molecule has 0 fully saturated rings. The average Bonchev–Trinajstić information content (AvgIpc) is 3.00. The fourth-order valence-electron chi connectivity index (χ4n) is 2.62. The van der Waals surface area contributed by atoms with Crippen LogP contribution >= 0.6 is 0 Å². The number of nitrogens with zero attached hydrogens (tertiary/aromatic N) is 2. The molecule has 9 heteroatoms. The molecule has 0 aliphatic rings. The van der Waals surface area contributed by atoms with Gasteiger partial charge in [-0.25, -0.2) is 18.2 Å². The molecule has 0 spiro atoms. The number of benzene rings is 2. The van der Waals surface area contributed by atoms with Gasteiger partial charge in [0.15, 0.2) is 5.69 Å². The molecular formula is C17H14F3N3O2S. The number of alkyl halides is 3. The minimum atomic E-state index is -4.61. The second-order valence-electron chi connectivity index (χ2n) is 5.69. The number of rotatable bonds is 3. The standard InChI is InChI=1S/C17H14F3N3O2S/c1-11-9-13(7-8-15(11)26(21,24)25)23-14(12-5-3-2-4-6-12)10-16(22-23)17(18,19)20/h2-10H,1H3,(H2,21,24,25). The fraction of sp³-hybridized carbons (Fsp3) is 0.118. The maximum atomic E-state index is 13.1. The summed E-state index contributed by atoms with van der Waals surface area (Å²) in [6.07, 6.45) is -4.61. The molecule has 0 bridgehead atoms. The first-order valence-electron chi connectivity index (χ1n) is 7.44. The van der Waals surface area contributed by atoms with Crippen molar-refractivity contribution in [2.45, 2.75) is 18.0 Å². The molecule has 3 aromatic rings. The van der Waals surface area contributed by atoms with Gasteiger partial charge in [-0.15, -0.1) is 0 Å². The first-order chi connectivity index (χ1) is 12.1. The molecule has 0 saturated carbocycles. The molecule has 0 amide bonds. The van der Waals surface area contributed by atoms with Crippen LogP contribution < -0.4 is 5.14 Å². The zero-order valence-electron chi connectivity index (χ0n) is 13.5. The zero-order valence-corrected chi connectivity index (χ0v) is 14.3. The van der Waals surface area contributed by atoms with Crippen molar-refractivity contribution in [2.75, 3.05) is 0 Å².